The first-order valence-electron chi connectivity index (χ1n) is 5.64. The molecule has 0 radical (unpaired) electrons. The Labute approximate surface area is 93.9 Å². The molecule has 2 heterocycles. The summed E-state index contributed by atoms with van der Waals surface area (Å²) in [5, 5.41) is 6.51. The first-order valence-corrected chi connectivity index (χ1v) is 6.52. The maximum Gasteiger partial charge on any atom is 0.182 e. The Morgan fingerprint density at radius 2 is 2.60 bits per heavy atom. The Morgan fingerprint density at radius 3 is 3.47 bits per heavy atom. The highest BCUT2D eigenvalue weighted by Crippen LogP contribution is 2.47. The Bertz CT molecular complexity index is 315. The van der Waals surface area contributed by atoms with Gasteiger partial charge in [0.1, 0.15) is 0 Å². The molecule has 0 aromatic carbocycles. The fourth-order valence-electron chi connectivity index (χ4n) is 2.91. The van der Waals surface area contributed by atoms with Crippen molar-refractivity contribution in [3.05, 3.63) is 11.6 Å². The molecule has 1 aromatic heterocycles. The topological polar surface area (TPSA) is 34.1 Å². The van der Waals surface area contributed by atoms with Gasteiger partial charge in [-0.15, -0.1) is 11.3 Å². The molecule has 2 fully saturated rings. The number of anilines is 1. The second-order valence-corrected chi connectivity index (χ2v) is 5.45. The highest BCUT2D eigenvalue weighted by Gasteiger charge is 2.47. The van der Waals surface area contributed by atoms with Crippen molar-refractivity contribution in [2.45, 2.75) is 31.8 Å². The summed E-state index contributed by atoms with van der Waals surface area (Å²) >= 11 is 1.67. The van der Waals surface area contributed by atoms with E-state index in [-0.39, 0.29) is 0 Å². The minimum atomic E-state index is 0.408. The van der Waals surface area contributed by atoms with Crippen LogP contribution in [0.5, 0.6) is 0 Å². The van der Waals surface area contributed by atoms with E-state index in [1.165, 1.54) is 25.7 Å². The minimum absolute atomic E-state index is 0.408. The molecule has 3 rings (SSSR count). The molecule has 2 aliphatic rings. The Balaban J connectivity index is 1.66. The maximum absolute atomic E-state index is 5.79. The summed E-state index contributed by atoms with van der Waals surface area (Å²) in [4.78, 5) is 4.25. The van der Waals surface area contributed by atoms with Crippen molar-refractivity contribution in [1.82, 2.24) is 4.98 Å². The summed E-state index contributed by atoms with van der Waals surface area (Å²) in [7, 11) is 0. The third kappa shape index (κ3) is 1.66. The first kappa shape index (κ1) is 9.60. The number of thiazole rings is 1. The Morgan fingerprint density at radius 1 is 1.60 bits per heavy atom. The standard InChI is InChI=1S/C11H16N2OS/c1-2-9-11(3-1,4-6-14-9)8-13-10-12-5-7-15-10/h5,7,9H,1-4,6,8H2,(H,12,13)/t9-,11-/m1/s1. The second kappa shape index (κ2) is 3.76. The molecule has 0 unspecified atom stereocenters. The van der Waals surface area contributed by atoms with Gasteiger partial charge in [0, 0.05) is 30.1 Å². The van der Waals surface area contributed by atoms with Gasteiger partial charge in [0.15, 0.2) is 5.13 Å². The van der Waals surface area contributed by atoms with E-state index >= 15 is 0 Å². The van der Waals surface area contributed by atoms with E-state index in [0.717, 1.165) is 18.3 Å². The Kier molecular flexibility index (Phi) is 2.41. The van der Waals surface area contributed by atoms with E-state index in [4.69, 9.17) is 4.74 Å². The van der Waals surface area contributed by atoms with Crippen LogP contribution in [0.15, 0.2) is 11.6 Å². The lowest BCUT2D eigenvalue weighted by molar-refractivity contribution is 0.0750. The smallest absolute Gasteiger partial charge is 0.182 e. The van der Waals surface area contributed by atoms with Gasteiger partial charge in [0.05, 0.1) is 6.10 Å². The van der Waals surface area contributed by atoms with Gasteiger partial charge >= 0.3 is 0 Å². The summed E-state index contributed by atoms with van der Waals surface area (Å²) in [6, 6.07) is 0. The summed E-state index contributed by atoms with van der Waals surface area (Å²) in [6.07, 6.45) is 7.46. The van der Waals surface area contributed by atoms with Crippen LogP contribution < -0.4 is 5.32 Å². The van der Waals surface area contributed by atoms with Crippen LogP contribution in [0, 0.1) is 5.41 Å². The lowest BCUT2D eigenvalue weighted by Gasteiger charge is -2.27. The third-order valence-corrected chi connectivity index (χ3v) is 4.50. The highest BCUT2D eigenvalue weighted by molar-refractivity contribution is 7.13. The van der Waals surface area contributed by atoms with Crippen LogP contribution in [-0.2, 0) is 4.74 Å². The molecule has 1 N–H and O–H groups in total. The molecule has 0 bridgehead atoms. The van der Waals surface area contributed by atoms with Crippen molar-refractivity contribution < 1.29 is 4.74 Å². The quantitative estimate of drug-likeness (QED) is 0.856. The van der Waals surface area contributed by atoms with E-state index in [1.54, 1.807) is 11.3 Å². The van der Waals surface area contributed by atoms with Crippen LogP contribution in [0.3, 0.4) is 0 Å². The van der Waals surface area contributed by atoms with Gasteiger partial charge in [0.2, 0.25) is 0 Å². The van der Waals surface area contributed by atoms with Crippen molar-refractivity contribution in [3.63, 3.8) is 0 Å². The molecular formula is C11H16N2OS. The monoisotopic (exact) mass is 224 g/mol. The predicted octanol–water partition coefficient (Wildman–Crippen LogP) is 2.51. The zero-order valence-electron chi connectivity index (χ0n) is 8.74. The lowest BCUT2D eigenvalue weighted by Crippen LogP contribution is -2.33. The predicted molar refractivity (Wildman–Crippen MR) is 61.2 cm³/mol. The van der Waals surface area contributed by atoms with Crippen molar-refractivity contribution in [3.8, 4) is 0 Å². The van der Waals surface area contributed by atoms with Gasteiger partial charge in [0.25, 0.3) is 0 Å². The molecule has 1 saturated carbocycles. The molecule has 2 atom stereocenters. The maximum atomic E-state index is 5.79. The number of aromatic nitrogens is 1. The van der Waals surface area contributed by atoms with Crippen LogP contribution in [0.2, 0.25) is 0 Å². The van der Waals surface area contributed by atoms with Crippen LogP contribution in [0.25, 0.3) is 0 Å². The highest BCUT2D eigenvalue weighted by atomic mass is 32.1. The number of nitrogens with one attached hydrogen (secondary N) is 1. The second-order valence-electron chi connectivity index (χ2n) is 4.55. The van der Waals surface area contributed by atoms with Crippen molar-refractivity contribution >= 4 is 16.5 Å². The molecule has 0 amide bonds. The SMILES string of the molecule is c1csc(NC[C@]23CCC[C@H]2OCC3)n1. The fraction of sp³-hybridized carbons (Fsp3) is 0.727. The molecule has 4 heteroatoms. The van der Waals surface area contributed by atoms with Crippen LogP contribution in [0.4, 0.5) is 5.13 Å². The summed E-state index contributed by atoms with van der Waals surface area (Å²) < 4.78 is 5.79. The van der Waals surface area contributed by atoms with Gasteiger partial charge in [-0.3, -0.25) is 0 Å². The number of hydrogen-bond donors (Lipinski definition) is 1. The van der Waals surface area contributed by atoms with Crippen LogP contribution in [0.1, 0.15) is 25.7 Å². The van der Waals surface area contributed by atoms with E-state index in [9.17, 15) is 0 Å². The van der Waals surface area contributed by atoms with E-state index in [0.29, 0.717) is 11.5 Å². The van der Waals surface area contributed by atoms with Gasteiger partial charge in [-0.2, -0.15) is 0 Å². The minimum Gasteiger partial charge on any atom is -0.378 e. The molecule has 1 aliphatic carbocycles. The number of ether oxygens (including phenoxy) is 1. The zero-order chi connectivity index (χ0) is 10.1. The van der Waals surface area contributed by atoms with E-state index in [2.05, 4.69) is 10.3 Å². The van der Waals surface area contributed by atoms with Crippen LogP contribution >= 0.6 is 11.3 Å². The number of hydrogen-bond acceptors (Lipinski definition) is 4. The van der Waals surface area contributed by atoms with Gasteiger partial charge in [-0.25, -0.2) is 4.98 Å². The fourth-order valence-corrected chi connectivity index (χ4v) is 3.44. The lowest BCUT2D eigenvalue weighted by atomic mass is 9.83. The third-order valence-electron chi connectivity index (χ3n) is 3.77. The van der Waals surface area contributed by atoms with Crippen molar-refractivity contribution in [1.29, 1.82) is 0 Å². The molecule has 82 valence electrons. The van der Waals surface area contributed by atoms with Crippen molar-refractivity contribution in [2.75, 3.05) is 18.5 Å². The molecule has 3 nitrogen and oxygen atoms in total. The number of fused-ring (bicyclic) bond motifs is 1. The average molecular weight is 224 g/mol. The summed E-state index contributed by atoms with van der Waals surface area (Å²) in [5.74, 6) is 0. The number of nitrogens with zero attached hydrogens (tertiary/aromatic N) is 1. The van der Waals surface area contributed by atoms with Crippen LogP contribution in [-0.4, -0.2) is 24.2 Å². The molecule has 15 heavy (non-hydrogen) atoms. The van der Waals surface area contributed by atoms with E-state index in [1.807, 2.05) is 11.6 Å². The molecule has 1 saturated heterocycles. The Hall–Kier alpha value is -0.610. The van der Waals surface area contributed by atoms with Crippen molar-refractivity contribution in [2.24, 2.45) is 5.41 Å². The largest absolute Gasteiger partial charge is 0.378 e. The van der Waals surface area contributed by atoms with E-state index < -0.39 is 0 Å². The van der Waals surface area contributed by atoms with Gasteiger partial charge < -0.3 is 10.1 Å². The number of rotatable bonds is 3. The molecule has 0 spiro atoms. The molecule has 1 aliphatic heterocycles. The normalized spacial score (nSPS) is 34.3. The summed E-state index contributed by atoms with van der Waals surface area (Å²) in [6.45, 7) is 1.98. The summed E-state index contributed by atoms with van der Waals surface area (Å²) in [5.41, 5.74) is 0.408. The molecule has 1 aromatic rings. The average Bonchev–Trinajstić information content (AvgIpc) is 2.91. The zero-order valence-corrected chi connectivity index (χ0v) is 9.55. The van der Waals surface area contributed by atoms with Gasteiger partial charge in [-0.1, -0.05) is 6.42 Å². The first-order chi connectivity index (χ1) is 7.39. The molecular weight excluding hydrogens is 208 g/mol. The van der Waals surface area contributed by atoms with Gasteiger partial charge in [-0.05, 0) is 19.3 Å².